The Kier molecular flexibility index (Phi) is 3.81. The highest BCUT2D eigenvalue weighted by molar-refractivity contribution is 7.89. The molecular weight excluding hydrogens is 322 g/mol. The maximum Gasteiger partial charge on any atom is 0.282 e. The zero-order valence-corrected chi connectivity index (χ0v) is 13.5. The molecule has 0 bridgehead atoms. The third kappa shape index (κ3) is 2.45. The second kappa shape index (κ2) is 5.64. The standard InChI is InChI=1S/C14H13N3O3S2/c1-8-7-15-14(21-8)16-13(19)11-12(18)9-5-3-4-6-10(9)22(20)17(11)2/h3-7,18H,1-2H3,(H,15,16,19). The molecule has 2 aromatic rings. The van der Waals surface area contributed by atoms with Gasteiger partial charge in [0, 0.05) is 11.1 Å². The summed E-state index contributed by atoms with van der Waals surface area (Å²) in [5.74, 6) is -0.735. The summed E-state index contributed by atoms with van der Waals surface area (Å²) >= 11 is -0.219. The Hall–Kier alpha value is -2.03. The normalized spacial score (nSPS) is 17.4. The third-order valence-corrected chi connectivity index (χ3v) is 5.42. The Morgan fingerprint density at radius 2 is 2.18 bits per heavy atom. The average molecular weight is 335 g/mol. The number of carbonyl (C=O) groups is 1. The Morgan fingerprint density at radius 1 is 1.45 bits per heavy atom. The van der Waals surface area contributed by atoms with Gasteiger partial charge in [0.1, 0.15) is 11.4 Å². The molecule has 3 rings (SSSR count). The van der Waals surface area contributed by atoms with Crippen LogP contribution in [-0.4, -0.2) is 31.9 Å². The smallest absolute Gasteiger partial charge is 0.282 e. The summed E-state index contributed by atoms with van der Waals surface area (Å²) in [7, 11) is 1.50. The minimum atomic E-state index is -1.55. The number of aryl methyl sites for hydroxylation is 1. The maximum atomic E-state index is 12.4. The maximum absolute atomic E-state index is 12.4. The Balaban J connectivity index is 1.99. The van der Waals surface area contributed by atoms with E-state index in [1.54, 1.807) is 30.5 Å². The van der Waals surface area contributed by atoms with Crippen molar-refractivity contribution < 1.29 is 14.5 Å². The van der Waals surface area contributed by atoms with E-state index in [1.165, 1.54) is 22.7 Å². The number of nitrogens with one attached hydrogen (secondary N) is 1. The molecule has 0 saturated heterocycles. The van der Waals surface area contributed by atoms with Crippen LogP contribution in [0.4, 0.5) is 5.13 Å². The number of hydrogen-bond acceptors (Lipinski definition) is 6. The molecule has 6 nitrogen and oxygen atoms in total. The van der Waals surface area contributed by atoms with E-state index in [1.807, 2.05) is 6.92 Å². The summed E-state index contributed by atoms with van der Waals surface area (Å²) in [5.41, 5.74) is 0.365. The Bertz CT molecular complexity index is 772. The van der Waals surface area contributed by atoms with Crippen LogP contribution in [0.2, 0.25) is 0 Å². The zero-order valence-electron chi connectivity index (χ0n) is 11.9. The average Bonchev–Trinajstić information content (AvgIpc) is 2.90. The lowest BCUT2D eigenvalue weighted by Gasteiger charge is -2.28. The number of aliphatic hydroxyl groups is 1. The van der Waals surface area contributed by atoms with Gasteiger partial charge in [0.2, 0.25) is 0 Å². The molecule has 0 radical (unpaired) electrons. The second-order valence-corrected chi connectivity index (χ2v) is 7.39. The fourth-order valence-electron chi connectivity index (χ4n) is 2.14. The summed E-state index contributed by atoms with van der Waals surface area (Å²) < 4.78 is 13.7. The number of fused-ring (bicyclic) bond motifs is 1. The first kappa shape index (κ1) is 14.9. The van der Waals surface area contributed by atoms with E-state index >= 15 is 0 Å². The van der Waals surface area contributed by atoms with Gasteiger partial charge in [-0.3, -0.25) is 10.1 Å². The predicted molar refractivity (Wildman–Crippen MR) is 85.6 cm³/mol. The largest absolute Gasteiger partial charge is 0.588 e. The predicted octanol–water partition coefficient (Wildman–Crippen LogP) is 2.28. The molecule has 2 N–H and O–H groups in total. The molecule has 114 valence electrons. The van der Waals surface area contributed by atoms with Crippen molar-refractivity contribution in [3.63, 3.8) is 0 Å². The van der Waals surface area contributed by atoms with Gasteiger partial charge in [-0.1, -0.05) is 12.1 Å². The number of aromatic nitrogens is 1. The molecule has 1 atom stereocenters. The molecule has 0 saturated carbocycles. The SMILES string of the molecule is Cc1cnc(NC(=O)C2=C(O)c3ccccc3[S+]([O-])N2C)s1. The third-order valence-electron chi connectivity index (χ3n) is 3.18. The second-order valence-electron chi connectivity index (χ2n) is 4.67. The van der Waals surface area contributed by atoms with Crippen LogP contribution >= 0.6 is 11.3 Å². The molecule has 1 aliphatic heterocycles. The van der Waals surface area contributed by atoms with Gasteiger partial charge in [-0.2, -0.15) is 4.31 Å². The van der Waals surface area contributed by atoms with Gasteiger partial charge in [-0.15, -0.1) is 11.3 Å². The van der Waals surface area contributed by atoms with E-state index in [0.717, 1.165) is 4.88 Å². The topological polar surface area (TPSA) is 88.5 Å². The van der Waals surface area contributed by atoms with Crippen LogP contribution < -0.4 is 5.32 Å². The summed E-state index contributed by atoms with van der Waals surface area (Å²) in [4.78, 5) is 17.9. The van der Waals surface area contributed by atoms with Crippen molar-refractivity contribution in [3.8, 4) is 0 Å². The number of hydrogen-bond donors (Lipinski definition) is 2. The van der Waals surface area contributed by atoms with E-state index in [2.05, 4.69) is 10.3 Å². The summed E-state index contributed by atoms with van der Waals surface area (Å²) in [6.45, 7) is 1.88. The summed E-state index contributed by atoms with van der Waals surface area (Å²) in [6, 6.07) is 6.76. The molecule has 1 aromatic carbocycles. The molecule has 8 heteroatoms. The van der Waals surface area contributed by atoms with Crippen LogP contribution in [0.1, 0.15) is 10.4 Å². The van der Waals surface area contributed by atoms with Gasteiger partial charge in [-0.25, -0.2) is 4.98 Å². The molecule has 1 unspecified atom stereocenters. The lowest BCUT2D eigenvalue weighted by Crippen LogP contribution is -2.37. The molecule has 2 heterocycles. The lowest BCUT2D eigenvalue weighted by molar-refractivity contribution is -0.113. The van der Waals surface area contributed by atoms with Crippen molar-refractivity contribution in [1.82, 2.24) is 9.29 Å². The Labute approximate surface area is 134 Å². The number of rotatable bonds is 2. The number of benzene rings is 1. The van der Waals surface area contributed by atoms with E-state index in [4.69, 9.17) is 0 Å². The van der Waals surface area contributed by atoms with Crippen LogP contribution in [0, 0.1) is 6.92 Å². The van der Waals surface area contributed by atoms with Crippen molar-refractivity contribution in [2.45, 2.75) is 11.8 Å². The van der Waals surface area contributed by atoms with Gasteiger partial charge in [0.05, 0.1) is 12.6 Å². The van der Waals surface area contributed by atoms with Gasteiger partial charge in [0.25, 0.3) is 5.91 Å². The van der Waals surface area contributed by atoms with Crippen LogP contribution in [0.15, 0.2) is 41.1 Å². The molecular formula is C14H13N3O3S2. The molecule has 1 amide bonds. The first-order valence-electron chi connectivity index (χ1n) is 6.41. The molecule has 1 aromatic heterocycles. The minimum absolute atomic E-state index is 0.0371. The van der Waals surface area contributed by atoms with Crippen molar-refractivity contribution in [3.05, 3.63) is 46.6 Å². The molecule has 0 spiro atoms. The summed E-state index contributed by atoms with van der Waals surface area (Å²) in [6.07, 6.45) is 1.65. The van der Waals surface area contributed by atoms with E-state index in [0.29, 0.717) is 15.6 Å². The summed E-state index contributed by atoms with van der Waals surface area (Å²) in [5, 5.41) is 13.4. The Morgan fingerprint density at radius 3 is 2.86 bits per heavy atom. The van der Waals surface area contributed by atoms with Gasteiger partial charge in [0.15, 0.2) is 21.5 Å². The van der Waals surface area contributed by atoms with Crippen molar-refractivity contribution in [2.75, 3.05) is 12.4 Å². The monoisotopic (exact) mass is 335 g/mol. The van der Waals surface area contributed by atoms with Crippen LogP contribution in [0.25, 0.3) is 5.76 Å². The highest BCUT2D eigenvalue weighted by Crippen LogP contribution is 2.34. The van der Waals surface area contributed by atoms with E-state index < -0.39 is 17.3 Å². The van der Waals surface area contributed by atoms with Crippen LogP contribution in [0.5, 0.6) is 0 Å². The highest BCUT2D eigenvalue weighted by Gasteiger charge is 2.37. The van der Waals surface area contributed by atoms with Crippen molar-refractivity contribution in [2.24, 2.45) is 0 Å². The zero-order chi connectivity index (χ0) is 15.9. The quantitative estimate of drug-likeness (QED) is 0.822. The lowest BCUT2D eigenvalue weighted by atomic mass is 10.1. The highest BCUT2D eigenvalue weighted by atomic mass is 32.2. The van der Waals surface area contributed by atoms with E-state index in [9.17, 15) is 14.5 Å². The molecule has 1 aliphatic rings. The van der Waals surface area contributed by atoms with Crippen molar-refractivity contribution >= 4 is 39.5 Å². The molecule has 0 aliphatic carbocycles. The first-order chi connectivity index (χ1) is 10.5. The molecule has 22 heavy (non-hydrogen) atoms. The molecule has 0 fully saturated rings. The van der Waals surface area contributed by atoms with Gasteiger partial charge in [-0.05, 0) is 19.1 Å². The number of amides is 1. The number of carbonyl (C=O) groups excluding carboxylic acids is 1. The van der Waals surface area contributed by atoms with E-state index in [-0.39, 0.29) is 11.5 Å². The fourth-order valence-corrected chi connectivity index (χ4v) is 3.98. The first-order valence-corrected chi connectivity index (χ1v) is 8.33. The van der Waals surface area contributed by atoms with Gasteiger partial charge < -0.3 is 9.66 Å². The number of anilines is 1. The van der Waals surface area contributed by atoms with Crippen LogP contribution in [0.3, 0.4) is 0 Å². The number of likely N-dealkylation sites (N-methyl/N-ethyl adjacent to an activating group) is 1. The number of nitrogens with zero attached hydrogens (tertiary/aromatic N) is 2. The van der Waals surface area contributed by atoms with Gasteiger partial charge >= 0.3 is 0 Å². The minimum Gasteiger partial charge on any atom is -0.588 e. The number of aliphatic hydroxyl groups excluding tert-OH is 1. The fraction of sp³-hybridized carbons (Fsp3) is 0.143. The number of thiazole rings is 1. The van der Waals surface area contributed by atoms with Crippen LogP contribution in [-0.2, 0) is 16.2 Å². The van der Waals surface area contributed by atoms with Crippen molar-refractivity contribution in [1.29, 1.82) is 0 Å².